The predicted molar refractivity (Wildman–Crippen MR) is 70.6 cm³/mol. The van der Waals surface area contributed by atoms with E-state index in [-0.39, 0.29) is 12.5 Å². The molecule has 8 heteroatoms. The van der Waals surface area contributed by atoms with Gasteiger partial charge < -0.3 is 0 Å². The summed E-state index contributed by atoms with van der Waals surface area (Å²) in [4.78, 5) is 13.4. The first-order valence-corrected chi connectivity index (χ1v) is 7.86. The van der Waals surface area contributed by atoms with Gasteiger partial charge in [-0.3, -0.25) is 0 Å². The summed E-state index contributed by atoms with van der Waals surface area (Å²) in [6.45, 7) is 1.88. The number of benzene rings is 1. The number of isocyanates is 1. The molecule has 1 aromatic rings. The Bertz CT molecular complexity index is 687. The zero-order chi connectivity index (χ0) is 15.6. The van der Waals surface area contributed by atoms with Gasteiger partial charge in [-0.2, -0.15) is 9.30 Å². The summed E-state index contributed by atoms with van der Waals surface area (Å²) < 4.78 is 52.7. The van der Waals surface area contributed by atoms with E-state index in [0.717, 1.165) is 16.4 Å². The standard InChI is InChI=1S/C13H14F2N2O3S/c1-9-3-2-6-17(13(9)16-8-18)21(19,20)12-5-4-10(14)7-11(12)15/h4-5,7,9,13H,2-3,6H2,1H3. The Balaban J connectivity index is 2.48. The van der Waals surface area contributed by atoms with Crippen molar-refractivity contribution in [1.82, 2.24) is 4.31 Å². The SMILES string of the molecule is CC1CCCN(S(=O)(=O)c2ccc(F)cc2F)C1N=C=O. The van der Waals surface area contributed by atoms with Gasteiger partial charge in [0.05, 0.1) is 0 Å². The molecule has 1 heterocycles. The summed E-state index contributed by atoms with van der Waals surface area (Å²) in [5.41, 5.74) is 0. The molecule has 2 unspecified atom stereocenters. The zero-order valence-electron chi connectivity index (χ0n) is 11.3. The van der Waals surface area contributed by atoms with E-state index in [9.17, 15) is 22.0 Å². The number of aliphatic imine (C=N–C) groups is 1. The lowest BCUT2D eigenvalue weighted by atomic mass is 9.98. The summed E-state index contributed by atoms with van der Waals surface area (Å²) in [5, 5.41) is 0. The van der Waals surface area contributed by atoms with Crippen LogP contribution in [0.15, 0.2) is 28.1 Å². The Hall–Kier alpha value is -1.63. The van der Waals surface area contributed by atoms with Gasteiger partial charge in [0.25, 0.3) is 0 Å². The molecule has 21 heavy (non-hydrogen) atoms. The third-order valence-electron chi connectivity index (χ3n) is 3.51. The van der Waals surface area contributed by atoms with Crippen LogP contribution in [0.25, 0.3) is 0 Å². The van der Waals surface area contributed by atoms with E-state index in [0.29, 0.717) is 18.9 Å². The highest BCUT2D eigenvalue weighted by Crippen LogP contribution is 2.30. The van der Waals surface area contributed by atoms with Crippen molar-refractivity contribution in [2.24, 2.45) is 10.9 Å². The quantitative estimate of drug-likeness (QED) is 0.633. The maximum absolute atomic E-state index is 13.8. The molecule has 0 saturated carbocycles. The molecule has 1 aliphatic heterocycles. The van der Waals surface area contributed by atoms with Gasteiger partial charge in [0.2, 0.25) is 16.1 Å². The van der Waals surface area contributed by atoms with Crippen molar-refractivity contribution in [3.8, 4) is 0 Å². The number of piperidine rings is 1. The molecule has 114 valence electrons. The normalized spacial score (nSPS) is 23.6. The van der Waals surface area contributed by atoms with E-state index in [2.05, 4.69) is 4.99 Å². The minimum Gasteiger partial charge on any atom is -0.211 e. The van der Waals surface area contributed by atoms with Crippen LogP contribution < -0.4 is 0 Å². The Morgan fingerprint density at radius 1 is 1.38 bits per heavy atom. The number of nitrogens with zero attached hydrogens (tertiary/aromatic N) is 2. The maximum atomic E-state index is 13.8. The van der Waals surface area contributed by atoms with E-state index in [1.807, 2.05) is 0 Å². The smallest absolute Gasteiger partial charge is 0.211 e. The van der Waals surface area contributed by atoms with Gasteiger partial charge in [0, 0.05) is 12.6 Å². The average molecular weight is 316 g/mol. The third kappa shape index (κ3) is 3.02. The van der Waals surface area contributed by atoms with Crippen molar-refractivity contribution in [1.29, 1.82) is 0 Å². The van der Waals surface area contributed by atoms with Crippen molar-refractivity contribution < 1.29 is 22.0 Å². The number of hydrogen-bond donors (Lipinski definition) is 0. The first-order chi connectivity index (χ1) is 9.87. The van der Waals surface area contributed by atoms with Crippen LogP contribution in [0, 0.1) is 17.6 Å². The third-order valence-corrected chi connectivity index (χ3v) is 5.41. The topological polar surface area (TPSA) is 66.8 Å². The summed E-state index contributed by atoms with van der Waals surface area (Å²) in [6, 6.07) is 2.26. The van der Waals surface area contributed by atoms with Crippen LogP contribution >= 0.6 is 0 Å². The van der Waals surface area contributed by atoms with E-state index in [4.69, 9.17) is 0 Å². The van der Waals surface area contributed by atoms with Gasteiger partial charge in [-0.05, 0) is 30.9 Å². The van der Waals surface area contributed by atoms with Gasteiger partial charge in [0.15, 0.2) is 0 Å². The molecular weight excluding hydrogens is 302 g/mol. The van der Waals surface area contributed by atoms with Crippen LogP contribution in [0.4, 0.5) is 8.78 Å². The van der Waals surface area contributed by atoms with E-state index in [1.165, 1.54) is 6.08 Å². The lowest BCUT2D eigenvalue weighted by Gasteiger charge is -2.35. The molecule has 0 bridgehead atoms. The van der Waals surface area contributed by atoms with Gasteiger partial charge in [-0.25, -0.2) is 22.0 Å². The Kier molecular flexibility index (Phi) is 4.51. The Morgan fingerprint density at radius 2 is 2.10 bits per heavy atom. The number of sulfonamides is 1. The average Bonchev–Trinajstić information content (AvgIpc) is 2.40. The molecule has 1 aliphatic rings. The van der Waals surface area contributed by atoms with Crippen LogP contribution in [0.5, 0.6) is 0 Å². The molecular formula is C13H14F2N2O3S. The highest BCUT2D eigenvalue weighted by molar-refractivity contribution is 7.89. The van der Waals surface area contributed by atoms with Crippen LogP contribution in [0.2, 0.25) is 0 Å². The summed E-state index contributed by atoms with van der Waals surface area (Å²) in [6.07, 6.45) is 1.73. The molecule has 0 aliphatic carbocycles. The maximum Gasteiger partial charge on any atom is 0.247 e. The number of rotatable bonds is 3. The molecule has 1 fully saturated rings. The van der Waals surface area contributed by atoms with Crippen LogP contribution in [-0.2, 0) is 14.8 Å². The minimum atomic E-state index is -4.19. The second kappa shape index (κ2) is 6.01. The van der Waals surface area contributed by atoms with Crippen molar-refractivity contribution >= 4 is 16.1 Å². The number of hydrogen-bond acceptors (Lipinski definition) is 4. The minimum absolute atomic E-state index is 0.124. The predicted octanol–water partition coefficient (Wildman–Crippen LogP) is 2.05. The van der Waals surface area contributed by atoms with Gasteiger partial charge in [0.1, 0.15) is 22.7 Å². The van der Waals surface area contributed by atoms with Crippen LogP contribution in [-0.4, -0.2) is 31.5 Å². The Morgan fingerprint density at radius 3 is 2.71 bits per heavy atom. The molecule has 0 aromatic heterocycles. The lowest BCUT2D eigenvalue weighted by Crippen LogP contribution is -2.46. The van der Waals surface area contributed by atoms with Crippen LogP contribution in [0.3, 0.4) is 0 Å². The van der Waals surface area contributed by atoms with Crippen molar-refractivity contribution in [3.63, 3.8) is 0 Å². The molecule has 2 rings (SSSR count). The van der Waals surface area contributed by atoms with Crippen LogP contribution in [0.1, 0.15) is 19.8 Å². The van der Waals surface area contributed by atoms with Gasteiger partial charge in [-0.1, -0.05) is 6.92 Å². The first-order valence-electron chi connectivity index (χ1n) is 6.42. The molecule has 0 spiro atoms. The molecule has 1 aromatic carbocycles. The zero-order valence-corrected chi connectivity index (χ0v) is 12.1. The number of carbonyl (C=O) groups excluding carboxylic acids is 1. The first kappa shape index (κ1) is 15.8. The molecule has 5 nitrogen and oxygen atoms in total. The fourth-order valence-corrected chi connectivity index (χ4v) is 4.16. The van der Waals surface area contributed by atoms with E-state index in [1.54, 1.807) is 6.92 Å². The fraction of sp³-hybridized carbons (Fsp3) is 0.462. The summed E-state index contributed by atoms with van der Waals surface area (Å²) in [5.74, 6) is -2.21. The largest absolute Gasteiger partial charge is 0.247 e. The summed E-state index contributed by atoms with van der Waals surface area (Å²) in [7, 11) is -4.19. The van der Waals surface area contributed by atoms with E-state index < -0.39 is 32.7 Å². The molecule has 0 amide bonds. The van der Waals surface area contributed by atoms with Crippen molar-refractivity contribution in [2.75, 3.05) is 6.54 Å². The summed E-state index contributed by atoms with van der Waals surface area (Å²) >= 11 is 0. The molecule has 0 N–H and O–H groups in total. The monoisotopic (exact) mass is 316 g/mol. The highest BCUT2D eigenvalue weighted by Gasteiger charge is 2.38. The molecule has 1 saturated heterocycles. The fourth-order valence-electron chi connectivity index (χ4n) is 2.45. The van der Waals surface area contributed by atoms with Gasteiger partial charge in [-0.15, -0.1) is 0 Å². The van der Waals surface area contributed by atoms with Crippen molar-refractivity contribution in [3.05, 3.63) is 29.8 Å². The molecule has 0 radical (unpaired) electrons. The lowest BCUT2D eigenvalue weighted by molar-refractivity contribution is 0.193. The Labute approximate surface area is 121 Å². The van der Waals surface area contributed by atoms with Gasteiger partial charge >= 0.3 is 0 Å². The van der Waals surface area contributed by atoms with Crippen molar-refractivity contribution in [2.45, 2.75) is 30.8 Å². The molecule has 2 atom stereocenters. The highest BCUT2D eigenvalue weighted by atomic mass is 32.2. The second-order valence-corrected chi connectivity index (χ2v) is 6.80. The van der Waals surface area contributed by atoms with E-state index >= 15 is 0 Å². The number of halogens is 2. The second-order valence-electron chi connectivity index (χ2n) is 4.94.